The Balaban J connectivity index is 1.78. The number of allylic oxidation sites excluding steroid dienone is 4. The number of nitrogens with zero attached hydrogens (tertiary/aromatic N) is 2. The van der Waals surface area contributed by atoms with Gasteiger partial charge in [0.1, 0.15) is 29.9 Å². The largest absolute Gasteiger partial charge is 0.459 e. The number of oxime groups is 2. The highest BCUT2D eigenvalue weighted by molar-refractivity contribution is 6.05. The maximum atomic E-state index is 12.2. The molecule has 35 heavy (non-hydrogen) atoms. The minimum atomic E-state index is -1.41. The lowest BCUT2D eigenvalue weighted by atomic mass is 9.39. The number of aliphatic hydroxyl groups excluding tert-OH is 1. The predicted molar refractivity (Wildman–Crippen MR) is 132 cm³/mol. The van der Waals surface area contributed by atoms with Crippen molar-refractivity contribution >= 4 is 17.4 Å². The van der Waals surface area contributed by atoms with Crippen LogP contribution in [0.3, 0.4) is 0 Å². The Kier molecular flexibility index (Phi) is 6.29. The first-order chi connectivity index (χ1) is 16.4. The van der Waals surface area contributed by atoms with Gasteiger partial charge >= 0.3 is 5.97 Å². The van der Waals surface area contributed by atoms with Crippen LogP contribution >= 0.6 is 0 Å². The topological polar surface area (TPSA) is 121 Å². The molecule has 0 aromatic heterocycles. The SMILES string of the molecule is C=CO/N=C(\COC(C)=O)[C@@]1(O)CC[C@H]2[C@]3(C)C[C@H](C)C4=C/C(=N/O)C=C[C@]4(C)[C@H]3[C@@H](O)C[C@@]21C. The maximum absolute atomic E-state index is 12.2. The summed E-state index contributed by atoms with van der Waals surface area (Å²) in [6, 6.07) is 0. The standard InChI is InChI=1S/C27H38N2O6/c1-7-35-29-22(15-34-17(3)30)27(32)11-9-21-25(5)13-16(2)19-12-18(28-33)8-10-24(19,4)23(25)20(31)14-26(21,27)6/h7-8,10,12,16,20-21,23,31-33H,1,9,11,13-15H2,2-6H3/b28-18+,29-22+/t16-,20-,21-,23+,24-,25-,26-,27-/m0/s1. The van der Waals surface area contributed by atoms with Crippen LogP contribution in [0.5, 0.6) is 0 Å². The van der Waals surface area contributed by atoms with Gasteiger partial charge in [-0.1, -0.05) is 56.2 Å². The molecule has 8 heteroatoms. The van der Waals surface area contributed by atoms with E-state index < -0.39 is 28.5 Å². The van der Waals surface area contributed by atoms with Gasteiger partial charge in [-0.3, -0.25) is 4.79 Å². The predicted octanol–water partition coefficient (Wildman–Crippen LogP) is 3.97. The quantitative estimate of drug-likeness (QED) is 0.178. The van der Waals surface area contributed by atoms with Gasteiger partial charge in [-0.15, -0.1) is 0 Å². The summed E-state index contributed by atoms with van der Waals surface area (Å²) in [5.74, 6) is -0.266. The molecule has 0 aromatic carbocycles. The van der Waals surface area contributed by atoms with E-state index in [4.69, 9.17) is 9.57 Å². The van der Waals surface area contributed by atoms with Crippen molar-refractivity contribution in [2.24, 2.45) is 44.3 Å². The fourth-order valence-electron chi connectivity index (χ4n) is 8.65. The molecule has 4 rings (SSSR count). The van der Waals surface area contributed by atoms with E-state index in [0.29, 0.717) is 18.6 Å². The molecule has 8 nitrogen and oxygen atoms in total. The second-order valence-electron chi connectivity index (χ2n) is 11.6. The third-order valence-electron chi connectivity index (χ3n) is 9.72. The van der Waals surface area contributed by atoms with Crippen LogP contribution in [-0.2, 0) is 14.4 Å². The molecule has 0 heterocycles. The molecule has 0 spiro atoms. The highest BCUT2D eigenvalue weighted by atomic mass is 16.6. The van der Waals surface area contributed by atoms with E-state index >= 15 is 0 Å². The van der Waals surface area contributed by atoms with Crippen LogP contribution in [0.25, 0.3) is 0 Å². The zero-order chi connectivity index (χ0) is 25.8. The summed E-state index contributed by atoms with van der Waals surface area (Å²) in [5, 5.41) is 40.8. The van der Waals surface area contributed by atoms with E-state index in [9.17, 15) is 20.2 Å². The summed E-state index contributed by atoms with van der Waals surface area (Å²) in [7, 11) is 0. The lowest BCUT2D eigenvalue weighted by molar-refractivity contribution is -0.190. The lowest BCUT2D eigenvalue weighted by Gasteiger charge is -2.66. The van der Waals surface area contributed by atoms with Gasteiger partial charge in [-0.2, -0.15) is 0 Å². The van der Waals surface area contributed by atoms with Gasteiger partial charge in [0.15, 0.2) is 0 Å². The van der Waals surface area contributed by atoms with Crippen LogP contribution in [0.2, 0.25) is 0 Å². The highest BCUT2D eigenvalue weighted by Crippen LogP contribution is 2.72. The number of hydrogen-bond donors (Lipinski definition) is 3. The summed E-state index contributed by atoms with van der Waals surface area (Å²) in [6.07, 6.45) is 8.69. The monoisotopic (exact) mass is 486 g/mol. The van der Waals surface area contributed by atoms with Gasteiger partial charge in [0.25, 0.3) is 0 Å². The molecule has 3 N–H and O–H groups in total. The Hall–Kier alpha value is -2.45. The first-order valence-electron chi connectivity index (χ1n) is 12.4. The van der Waals surface area contributed by atoms with E-state index in [1.165, 1.54) is 12.5 Å². The summed E-state index contributed by atoms with van der Waals surface area (Å²) < 4.78 is 5.23. The second kappa shape index (κ2) is 8.59. The summed E-state index contributed by atoms with van der Waals surface area (Å²) >= 11 is 0. The van der Waals surface area contributed by atoms with Crippen molar-refractivity contribution in [2.45, 2.75) is 72.0 Å². The second-order valence-corrected chi connectivity index (χ2v) is 11.6. The molecular formula is C27H38N2O6. The normalized spacial score (nSPS) is 45.7. The fraction of sp³-hybridized carbons (Fsp3) is 0.667. The van der Waals surface area contributed by atoms with Crippen molar-refractivity contribution in [3.8, 4) is 0 Å². The Labute approximate surface area is 207 Å². The molecular weight excluding hydrogens is 448 g/mol. The number of rotatable bonds is 5. The number of ether oxygens (including phenoxy) is 1. The third-order valence-corrected chi connectivity index (χ3v) is 9.72. The Morgan fingerprint density at radius 1 is 1.31 bits per heavy atom. The Bertz CT molecular complexity index is 1030. The molecule has 4 aliphatic rings. The molecule has 0 amide bonds. The molecule has 0 bridgehead atoms. The Morgan fingerprint density at radius 2 is 2.03 bits per heavy atom. The molecule has 0 unspecified atom stereocenters. The van der Waals surface area contributed by atoms with Gasteiger partial charge in [0, 0.05) is 23.7 Å². The number of fused-ring (bicyclic) bond motifs is 5. The fourth-order valence-corrected chi connectivity index (χ4v) is 8.65. The molecule has 192 valence electrons. The summed E-state index contributed by atoms with van der Waals surface area (Å²) in [6.45, 7) is 13.3. The molecule has 0 aromatic rings. The van der Waals surface area contributed by atoms with Crippen LogP contribution in [0, 0.1) is 34.0 Å². The van der Waals surface area contributed by atoms with Gasteiger partial charge in [0.2, 0.25) is 0 Å². The van der Waals surface area contributed by atoms with Gasteiger partial charge in [0.05, 0.1) is 6.10 Å². The number of carbonyl (C=O) groups excluding carboxylic acids is 1. The van der Waals surface area contributed by atoms with Crippen LogP contribution in [0.1, 0.15) is 60.3 Å². The van der Waals surface area contributed by atoms with E-state index in [1.54, 1.807) is 0 Å². The zero-order valence-electron chi connectivity index (χ0n) is 21.3. The number of esters is 1. The van der Waals surface area contributed by atoms with E-state index in [1.807, 2.05) is 19.1 Å². The van der Waals surface area contributed by atoms with Gasteiger partial charge in [-0.25, -0.2) is 0 Å². The van der Waals surface area contributed by atoms with Crippen molar-refractivity contribution in [3.05, 3.63) is 36.6 Å². The number of aliphatic hydroxyl groups is 2. The average Bonchev–Trinajstić information content (AvgIpc) is 3.04. The van der Waals surface area contributed by atoms with Crippen molar-refractivity contribution in [1.29, 1.82) is 0 Å². The van der Waals surface area contributed by atoms with E-state index in [0.717, 1.165) is 19.1 Å². The summed E-state index contributed by atoms with van der Waals surface area (Å²) in [4.78, 5) is 16.7. The summed E-state index contributed by atoms with van der Waals surface area (Å²) in [5.41, 5.74) is -0.882. The molecule has 0 aliphatic heterocycles. The van der Waals surface area contributed by atoms with E-state index in [2.05, 4.69) is 43.7 Å². The smallest absolute Gasteiger partial charge is 0.303 e. The zero-order valence-corrected chi connectivity index (χ0v) is 21.3. The highest BCUT2D eigenvalue weighted by Gasteiger charge is 2.72. The minimum absolute atomic E-state index is 0.0762. The van der Waals surface area contributed by atoms with Crippen molar-refractivity contribution in [2.75, 3.05) is 6.61 Å². The Morgan fingerprint density at radius 3 is 2.66 bits per heavy atom. The van der Waals surface area contributed by atoms with E-state index in [-0.39, 0.29) is 35.5 Å². The maximum Gasteiger partial charge on any atom is 0.303 e. The average molecular weight is 487 g/mol. The third kappa shape index (κ3) is 3.59. The van der Waals surface area contributed by atoms with Crippen LogP contribution in [0.15, 0.2) is 47.0 Å². The molecule has 8 atom stereocenters. The van der Waals surface area contributed by atoms with Crippen LogP contribution < -0.4 is 0 Å². The number of carbonyl (C=O) groups is 1. The van der Waals surface area contributed by atoms with Crippen molar-refractivity contribution in [1.82, 2.24) is 0 Å². The molecule has 3 fully saturated rings. The van der Waals surface area contributed by atoms with Gasteiger partial charge in [-0.05, 0) is 55.1 Å². The lowest BCUT2D eigenvalue weighted by Crippen LogP contribution is -2.66. The van der Waals surface area contributed by atoms with Crippen LogP contribution in [0.4, 0.5) is 0 Å². The van der Waals surface area contributed by atoms with Crippen LogP contribution in [-0.4, -0.2) is 51.1 Å². The van der Waals surface area contributed by atoms with Gasteiger partial charge < -0.3 is 25.0 Å². The first-order valence-corrected chi connectivity index (χ1v) is 12.4. The first kappa shape index (κ1) is 25.6. The molecule has 4 aliphatic carbocycles. The molecule has 0 saturated heterocycles. The van der Waals surface area contributed by atoms with Crippen molar-refractivity contribution < 1.29 is 29.8 Å². The van der Waals surface area contributed by atoms with Crippen molar-refractivity contribution in [3.63, 3.8) is 0 Å². The molecule has 3 saturated carbocycles. The minimum Gasteiger partial charge on any atom is -0.459 e. The molecule has 0 radical (unpaired) electrons. The number of hydrogen-bond acceptors (Lipinski definition) is 8.